The lowest BCUT2D eigenvalue weighted by Crippen LogP contribution is -2.33. The molecule has 2 aliphatic heterocycles. The summed E-state index contributed by atoms with van der Waals surface area (Å²) in [5.41, 5.74) is 6.38. The van der Waals surface area contributed by atoms with Crippen LogP contribution < -0.4 is 10.6 Å². The van der Waals surface area contributed by atoms with E-state index in [0.717, 1.165) is 45.3 Å². The Morgan fingerprint density at radius 3 is 1.94 bits per heavy atom. The number of nitrogens with zero attached hydrogens (tertiary/aromatic N) is 3. The highest BCUT2D eigenvalue weighted by Gasteiger charge is 2.21. The zero-order chi connectivity index (χ0) is 21.9. The number of hydrogen-bond acceptors (Lipinski definition) is 5. The molecule has 5 rings (SSSR count). The summed E-state index contributed by atoms with van der Waals surface area (Å²) in [5.74, 6) is 1.54. The van der Waals surface area contributed by atoms with Gasteiger partial charge in [0.15, 0.2) is 5.84 Å². The molecular weight excluding hydrogens is 394 g/mol. The van der Waals surface area contributed by atoms with Crippen LogP contribution in [0.1, 0.15) is 48.4 Å². The first-order chi connectivity index (χ1) is 15.7. The van der Waals surface area contributed by atoms with Crippen LogP contribution in [0.15, 0.2) is 112 Å². The normalized spacial score (nSPS) is 20.2. The van der Waals surface area contributed by atoms with Gasteiger partial charge in [0.2, 0.25) is 0 Å². The SMILES string of the molecule is CC1=CC(C)=NC(c2ccc(C3=NC(c4ccccc4)NC(c4ccccc4)=N3)cc2)N1. The van der Waals surface area contributed by atoms with Crippen LogP contribution in [0.5, 0.6) is 0 Å². The maximum absolute atomic E-state index is 4.93. The molecule has 2 unspecified atom stereocenters. The van der Waals surface area contributed by atoms with Gasteiger partial charge in [-0.05, 0) is 31.1 Å². The largest absolute Gasteiger partial charge is 0.364 e. The highest BCUT2D eigenvalue weighted by atomic mass is 15.2. The van der Waals surface area contributed by atoms with E-state index in [9.17, 15) is 0 Å². The van der Waals surface area contributed by atoms with Crippen molar-refractivity contribution in [1.29, 1.82) is 0 Å². The van der Waals surface area contributed by atoms with Crippen molar-refractivity contribution in [2.75, 3.05) is 0 Å². The molecular formula is C27H25N5. The van der Waals surface area contributed by atoms with Crippen LogP contribution in [0.3, 0.4) is 0 Å². The van der Waals surface area contributed by atoms with Crippen LogP contribution >= 0.6 is 0 Å². The predicted molar refractivity (Wildman–Crippen MR) is 131 cm³/mol. The van der Waals surface area contributed by atoms with Crippen molar-refractivity contribution >= 4 is 17.4 Å². The summed E-state index contributed by atoms with van der Waals surface area (Å²) in [6.45, 7) is 4.09. The van der Waals surface area contributed by atoms with E-state index in [0.29, 0.717) is 0 Å². The van der Waals surface area contributed by atoms with Gasteiger partial charge in [0.1, 0.15) is 18.2 Å². The molecule has 2 heterocycles. The molecule has 5 heteroatoms. The van der Waals surface area contributed by atoms with E-state index in [-0.39, 0.29) is 12.3 Å². The second kappa shape index (κ2) is 8.63. The van der Waals surface area contributed by atoms with Gasteiger partial charge in [-0.1, -0.05) is 84.9 Å². The first kappa shape index (κ1) is 19.9. The number of nitrogens with one attached hydrogen (secondary N) is 2. The molecule has 0 fully saturated rings. The van der Waals surface area contributed by atoms with E-state index < -0.39 is 0 Å². The summed E-state index contributed by atoms with van der Waals surface area (Å²) in [6, 6.07) is 28.8. The third-order valence-corrected chi connectivity index (χ3v) is 5.51. The maximum Gasteiger partial charge on any atom is 0.159 e. The van der Waals surface area contributed by atoms with Crippen LogP contribution in [0.2, 0.25) is 0 Å². The third kappa shape index (κ3) is 4.23. The molecule has 3 aromatic carbocycles. The Morgan fingerprint density at radius 2 is 1.25 bits per heavy atom. The van der Waals surface area contributed by atoms with E-state index in [4.69, 9.17) is 15.0 Å². The van der Waals surface area contributed by atoms with E-state index >= 15 is 0 Å². The number of amidine groups is 2. The molecule has 0 saturated heterocycles. The third-order valence-electron chi connectivity index (χ3n) is 5.51. The first-order valence-electron chi connectivity index (χ1n) is 10.8. The van der Waals surface area contributed by atoms with Gasteiger partial charge >= 0.3 is 0 Å². The van der Waals surface area contributed by atoms with Crippen LogP contribution in [0.4, 0.5) is 0 Å². The molecule has 0 amide bonds. The van der Waals surface area contributed by atoms with Gasteiger partial charge in [-0.25, -0.2) is 9.98 Å². The van der Waals surface area contributed by atoms with Crippen LogP contribution in [0, 0.1) is 0 Å². The molecule has 0 bridgehead atoms. The lowest BCUT2D eigenvalue weighted by Gasteiger charge is -2.24. The number of aliphatic imine (C=N–C) groups is 3. The fourth-order valence-corrected chi connectivity index (χ4v) is 3.94. The molecule has 2 N–H and O–H groups in total. The summed E-state index contributed by atoms with van der Waals surface area (Å²) >= 11 is 0. The number of rotatable bonds is 4. The van der Waals surface area contributed by atoms with Gasteiger partial charge in [-0.2, -0.15) is 0 Å². The molecule has 0 saturated carbocycles. The predicted octanol–water partition coefficient (Wildman–Crippen LogP) is 5.15. The molecule has 158 valence electrons. The Hall–Kier alpha value is -3.99. The highest BCUT2D eigenvalue weighted by molar-refractivity contribution is 6.13. The lowest BCUT2D eigenvalue weighted by atomic mass is 10.1. The molecule has 32 heavy (non-hydrogen) atoms. The second-order valence-electron chi connectivity index (χ2n) is 8.00. The average molecular weight is 420 g/mol. The van der Waals surface area contributed by atoms with Crippen molar-refractivity contribution in [2.24, 2.45) is 15.0 Å². The van der Waals surface area contributed by atoms with Crippen molar-refractivity contribution in [1.82, 2.24) is 10.6 Å². The van der Waals surface area contributed by atoms with Gasteiger partial charge in [0.05, 0.1) is 0 Å². The zero-order valence-corrected chi connectivity index (χ0v) is 18.2. The molecule has 0 radical (unpaired) electrons. The fraction of sp³-hybridized carbons (Fsp3) is 0.148. The van der Waals surface area contributed by atoms with E-state index in [2.05, 4.69) is 72.2 Å². The minimum Gasteiger partial charge on any atom is -0.364 e. The zero-order valence-electron chi connectivity index (χ0n) is 18.2. The first-order valence-corrected chi connectivity index (χ1v) is 10.8. The number of benzene rings is 3. The minimum atomic E-state index is -0.196. The summed E-state index contributed by atoms with van der Waals surface area (Å²) in [7, 11) is 0. The summed E-state index contributed by atoms with van der Waals surface area (Å²) < 4.78 is 0. The van der Waals surface area contributed by atoms with Gasteiger partial charge in [0, 0.05) is 22.5 Å². The van der Waals surface area contributed by atoms with E-state index in [1.54, 1.807) is 0 Å². The summed E-state index contributed by atoms with van der Waals surface area (Å²) in [5, 5.41) is 6.91. The van der Waals surface area contributed by atoms with Gasteiger partial charge < -0.3 is 10.6 Å². The smallest absolute Gasteiger partial charge is 0.159 e. The monoisotopic (exact) mass is 419 g/mol. The Balaban J connectivity index is 1.49. The molecule has 0 aromatic heterocycles. The van der Waals surface area contributed by atoms with E-state index in [1.165, 1.54) is 0 Å². The van der Waals surface area contributed by atoms with E-state index in [1.807, 2.05) is 43.3 Å². The Kier molecular flexibility index (Phi) is 5.38. The average Bonchev–Trinajstić information content (AvgIpc) is 2.84. The Labute approximate surface area is 188 Å². The molecule has 2 atom stereocenters. The maximum atomic E-state index is 4.93. The number of hydrogen-bond donors (Lipinski definition) is 2. The molecule has 5 nitrogen and oxygen atoms in total. The summed E-state index contributed by atoms with van der Waals surface area (Å²) in [6.07, 6.45) is 1.79. The van der Waals surface area contributed by atoms with Crippen molar-refractivity contribution < 1.29 is 0 Å². The second-order valence-corrected chi connectivity index (χ2v) is 8.00. The molecule has 0 aliphatic carbocycles. The molecule has 3 aromatic rings. The fourth-order valence-electron chi connectivity index (χ4n) is 3.94. The van der Waals surface area contributed by atoms with Crippen molar-refractivity contribution in [3.05, 3.63) is 119 Å². The van der Waals surface area contributed by atoms with Crippen LogP contribution in [-0.2, 0) is 0 Å². The van der Waals surface area contributed by atoms with Gasteiger partial charge in [0.25, 0.3) is 0 Å². The summed E-state index contributed by atoms with van der Waals surface area (Å²) in [4.78, 5) is 14.5. The minimum absolute atomic E-state index is 0.0653. The van der Waals surface area contributed by atoms with Crippen LogP contribution in [-0.4, -0.2) is 17.4 Å². The lowest BCUT2D eigenvalue weighted by molar-refractivity contribution is 0.619. The number of allylic oxidation sites excluding steroid dienone is 2. The van der Waals surface area contributed by atoms with Crippen molar-refractivity contribution in [3.8, 4) is 0 Å². The standard InChI is InChI=1S/C27H25N5/c1-18-17-19(2)29-24(28-18)22-13-15-23(16-14-22)27-31-25(20-9-5-3-6-10-20)30-26(32-27)21-11-7-4-8-12-21/h3-17,24-25,28H,1-2H3,(H,30,31,32). The molecule has 0 spiro atoms. The molecule has 2 aliphatic rings. The quantitative estimate of drug-likeness (QED) is 0.614. The Morgan fingerprint density at radius 1 is 0.625 bits per heavy atom. The van der Waals surface area contributed by atoms with Crippen molar-refractivity contribution in [2.45, 2.75) is 26.2 Å². The van der Waals surface area contributed by atoms with Gasteiger partial charge in [-0.15, -0.1) is 0 Å². The van der Waals surface area contributed by atoms with Crippen molar-refractivity contribution in [3.63, 3.8) is 0 Å². The van der Waals surface area contributed by atoms with Crippen LogP contribution in [0.25, 0.3) is 0 Å². The van der Waals surface area contributed by atoms with Gasteiger partial charge in [-0.3, -0.25) is 4.99 Å². The topological polar surface area (TPSA) is 61.1 Å². The Bertz CT molecular complexity index is 1220. The highest BCUT2D eigenvalue weighted by Crippen LogP contribution is 2.24.